The zero-order valence-corrected chi connectivity index (χ0v) is 13.0. The second kappa shape index (κ2) is 9.47. The molecule has 0 bridgehead atoms. The van der Waals surface area contributed by atoms with E-state index in [4.69, 9.17) is 0 Å². The summed E-state index contributed by atoms with van der Waals surface area (Å²) in [5, 5.41) is 17.6. The van der Waals surface area contributed by atoms with Crippen LogP contribution in [0.4, 0.5) is 17.1 Å². The minimum Gasteiger partial charge on any atom is -0.379 e. The number of nitrogens with one attached hydrogen (secondary N) is 2. The highest BCUT2D eigenvalue weighted by Gasteiger charge is 2.18. The van der Waals surface area contributed by atoms with E-state index >= 15 is 0 Å². The summed E-state index contributed by atoms with van der Waals surface area (Å²) < 4.78 is 0. The van der Waals surface area contributed by atoms with Gasteiger partial charge in [-0.1, -0.05) is 13.0 Å². The van der Waals surface area contributed by atoms with Gasteiger partial charge in [0.1, 0.15) is 11.4 Å². The molecule has 0 aliphatic carbocycles. The van der Waals surface area contributed by atoms with Crippen molar-refractivity contribution >= 4 is 28.8 Å². The SMILES string of the molecule is CCCNc1cccc(NCCCCSC)c1[N+](=O)[O-]. The highest BCUT2D eigenvalue weighted by molar-refractivity contribution is 7.98. The quantitative estimate of drug-likeness (QED) is 0.388. The van der Waals surface area contributed by atoms with Crippen molar-refractivity contribution in [2.75, 3.05) is 35.7 Å². The van der Waals surface area contributed by atoms with E-state index in [1.807, 2.05) is 24.8 Å². The van der Waals surface area contributed by atoms with Crippen LogP contribution in [0.3, 0.4) is 0 Å². The van der Waals surface area contributed by atoms with E-state index in [2.05, 4.69) is 16.9 Å². The fourth-order valence-corrected chi connectivity index (χ4v) is 2.37. The minimum absolute atomic E-state index is 0.144. The first-order valence-electron chi connectivity index (χ1n) is 6.94. The van der Waals surface area contributed by atoms with Gasteiger partial charge in [0.25, 0.3) is 0 Å². The summed E-state index contributed by atoms with van der Waals surface area (Å²) in [6.45, 7) is 3.53. The van der Waals surface area contributed by atoms with Crippen LogP contribution in [0, 0.1) is 10.1 Å². The Balaban J connectivity index is 2.71. The van der Waals surface area contributed by atoms with Gasteiger partial charge in [-0.25, -0.2) is 0 Å². The number of para-hydroxylation sites is 1. The Labute approximate surface area is 124 Å². The normalized spacial score (nSPS) is 10.3. The number of nitro groups is 1. The molecule has 1 aromatic carbocycles. The van der Waals surface area contributed by atoms with Crippen LogP contribution in [0.15, 0.2) is 18.2 Å². The third-order valence-electron chi connectivity index (χ3n) is 2.87. The van der Waals surface area contributed by atoms with Crippen molar-refractivity contribution in [3.05, 3.63) is 28.3 Å². The van der Waals surface area contributed by atoms with Gasteiger partial charge in [0.05, 0.1) is 4.92 Å². The minimum atomic E-state index is -0.317. The number of thioether (sulfide) groups is 1. The Hall–Kier alpha value is -1.43. The number of rotatable bonds is 10. The largest absolute Gasteiger partial charge is 0.379 e. The first-order valence-corrected chi connectivity index (χ1v) is 8.34. The zero-order chi connectivity index (χ0) is 14.8. The fourth-order valence-electron chi connectivity index (χ4n) is 1.88. The van der Waals surface area contributed by atoms with Crippen LogP contribution in [0.1, 0.15) is 26.2 Å². The van der Waals surface area contributed by atoms with Crippen LogP contribution in [0.2, 0.25) is 0 Å². The molecule has 0 fully saturated rings. The molecule has 0 aliphatic heterocycles. The fraction of sp³-hybridized carbons (Fsp3) is 0.571. The second-order valence-electron chi connectivity index (χ2n) is 4.51. The Morgan fingerprint density at radius 2 is 1.85 bits per heavy atom. The highest BCUT2D eigenvalue weighted by Crippen LogP contribution is 2.32. The molecule has 0 radical (unpaired) electrons. The molecule has 20 heavy (non-hydrogen) atoms. The number of unbranched alkanes of at least 4 members (excludes halogenated alkanes) is 1. The summed E-state index contributed by atoms with van der Waals surface area (Å²) in [5.74, 6) is 1.13. The Morgan fingerprint density at radius 3 is 2.40 bits per heavy atom. The van der Waals surface area contributed by atoms with E-state index in [9.17, 15) is 10.1 Å². The summed E-state index contributed by atoms with van der Waals surface area (Å²) in [4.78, 5) is 10.9. The molecule has 0 spiro atoms. The lowest BCUT2D eigenvalue weighted by Crippen LogP contribution is -2.08. The maximum absolute atomic E-state index is 11.3. The standard InChI is InChI=1S/C14H23N3O2S/c1-3-9-15-12-7-6-8-13(14(12)17(18)19)16-10-4-5-11-20-2/h6-8,15-16H,3-5,9-11H2,1-2H3. The molecule has 1 rings (SSSR count). The molecular formula is C14H23N3O2S. The molecule has 0 saturated carbocycles. The summed E-state index contributed by atoms with van der Waals surface area (Å²) in [7, 11) is 0. The first-order chi connectivity index (χ1) is 9.70. The van der Waals surface area contributed by atoms with E-state index in [0.717, 1.165) is 38.1 Å². The lowest BCUT2D eigenvalue weighted by Gasteiger charge is -2.11. The van der Waals surface area contributed by atoms with Crippen LogP contribution in [-0.2, 0) is 0 Å². The van der Waals surface area contributed by atoms with Crippen LogP contribution < -0.4 is 10.6 Å². The van der Waals surface area contributed by atoms with Crippen LogP contribution in [0.25, 0.3) is 0 Å². The average molecular weight is 297 g/mol. The predicted octanol–water partition coefficient (Wildman–Crippen LogP) is 3.97. The number of hydrogen-bond acceptors (Lipinski definition) is 5. The third kappa shape index (κ3) is 5.28. The predicted molar refractivity (Wildman–Crippen MR) is 88.0 cm³/mol. The molecule has 0 aliphatic rings. The maximum atomic E-state index is 11.3. The van der Waals surface area contributed by atoms with Crippen molar-refractivity contribution < 1.29 is 4.92 Å². The summed E-state index contributed by atoms with van der Waals surface area (Å²) >= 11 is 1.82. The number of nitro benzene ring substituents is 1. The van der Waals surface area contributed by atoms with Crippen molar-refractivity contribution in [1.82, 2.24) is 0 Å². The van der Waals surface area contributed by atoms with Crippen molar-refractivity contribution in [2.24, 2.45) is 0 Å². The van der Waals surface area contributed by atoms with Crippen LogP contribution in [-0.4, -0.2) is 30.0 Å². The molecule has 2 N–H and O–H groups in total. The number of nitrogens with zero attached hydrogens (tertiary/aromatic N) is 1. The maximum Gasteiger partial charge on any atom is 0.315 e. The van der Waals surface area contributed by atoms with Gasteiger partial charge in [0.2, 0.25) is 0 Å². The van der Waals surface area contributed by atoms with Crippen molar-refractivity contribution in [3.8, 4) is 0 Å². The monoisotopic (exact) mass is 297 g/mol. The van der Waals surface area contributed by atoms with Gasteiger partial charge in [-0.15, -0.1) is 0 Å². The van der Waals surface area contributed by atoms with E-state index in [0.29, 0.717) is 11.4 Å². The smallest absolute Gasteiger partial charge is 0.315 e. The van der Waals surface area contributed by atoms with Gasteiger partial charge in [-0.05, 0) is 43.4 Å². The molecule has 6 heteroatoms. The Morgan fingerprint density at radius 1 is 1.20 bits per heavy atom. The molecule has 0 heterocycles. The first kappa shape index (κ1) is 16.6. The van der Waals surface area contributed by atoms with Crippen LogP contribution >= 0.6 is 11.8 Å². The molecule has 0 unspecified atom stereocenters. The molecule has 0 aromatic heterocycles. The van der Waals surface area contributed by atoms with Crippen LogP contribution in [0.5, 0.6) is 0 Å². The zero-order valence-electron chi connectivity index (χ0n) is 12.1. The highest BCUT2D eigenvalue weighted by atomic mass is 32.2. The third-order valence-corrected chi connectivity index (χ3v) is 3.57. The lowest BCUT2D eigenvalue weighted by atomic mass is 10.2. The molecule has 5 nitrogen and oxygen atoms in total. The number of benzene rings is 1. The molecular weight excluding hydrogens is 274 g/mol. The van der Waals surface area contributed by atoms with Gasteiger partial charge in [0.15, 0.2) is 0 Å². The number of anilines is 2. The summed E-state index contributed by atoms with van der Waals surface area (Å²) in [6.07, 6.45) is 5.16. The molecule has 1 aromatic rings. The molecule has 0 saturated heterocycles. The Kier molecular flexibility index (Phi) is 7.87. The van der Waals surface area contributed by atoms with Crippen molar-refractivity contribution in [3.63, 3.8) is 0 Å². The molecule has 112 valence electrons. The van der Waals surface area contributed by atoms with E-state index in [-0.39, 0.29) is 10.6 Å². The topological polar surface area (TPSA) is 67.2 Å². The van der Waals surface area contributed by atoms with Crippen molar-refractivity contribution in [2.45, 2.75) is 26.2 Å². The van der Waals surface area contributed by atoms with Gasteiger partial charge in [-0.3, -0.25) is 10.1 Å². The van der Waals surface area contributed by atoms with Gasteiger partial charge in [0, 0.05) is 13.1 Å². The van der Waals surface area contributed by atoms with Gasteiger partial charge < -0.3 is 10.6 Å². The van der Waals surface area contributed by atoms with Crippen molar-refractivity contribution in [1.29, 1.82) is 0 Å². The van der Waals surface area contributed by atoms with Gasteiger partial charge >= 0.3 is 5.69 Å². The second-order valence-corrected chi connectivity index (χ2v) is 5.50. The average Bonchev–Trinajstić information content (AvgIpc) is 2.44. The van der Waals surface area contributed by atoms with E-state index < -0.39 is 0 Å². The molecule has 0 atom stereocenters. The lowest BCUT2D eigenvalue weighted by molar-refractivity contribution is -0.383. The summed E-state index contributed by atoms with van der Waals surface area (Å²) in [5.41, 5.74) is 1.33. The Bertz CT molecular complexity index is 427. The molecule has 0 amide bonds. The van der Waals surface area contributed by atoms with E-state index in [1.165, 1.54) is 0 Å². The number of hydrogen-bond donors (Lipinski definition) is 2. The van der Waals surface area contributed by atoms with E-state index in [1.54, 1.807) is 12.1 Å². The van der Waals surface area contributed by atoms with Gasteiger partial charge in [-0.2, -0.15) is 11.8 Å². The summed E-state index contributed by atoms with van der Waals surface area (Å²) in [6, 6.07) is 5.37.